The molecule has 0 heterocycles. The van der Waals surface area contributed by atoms with E-state index >= 15 is 0 Å². The second-order valence-electron chi connectivity index (χ2n) is 7.06. The van der Waals surface area contributed by atoms with E-state index in [0.29, 0.717) is 0 Å². The first-order valence-corrected chi connectivity index (χ1v) is 10.2. The van der Waals surface area contributed by atoms with Gasteiger partial charge in [-0.25, -0.2) is 0 Å². The molecule has 0 bridgehead atoms. The van der Waals surface area contributed by atoms with Crippen LogP contribution in [0.5, 0.6) is 17.2 Å². The van der Waals surface area contributed by atoms with Gasteiger partial charge in [-0.3, -0.25) is 0 Å². The number of hydrogen-bond donors (Lipinski definition) is 1. The van der Waals surface area contributed by atoms with Gasteiger partial charge in [-0.2, -0.15) is 0 Å². The van der Waals surface area contributed by atoms with Crippen molar-refractivity contribution in [1.29, 1.82) is 0 Å². The summed E-state index contributed by atoms with van der Waals surface area (Å²) in [7, 11) is 0. The SMILES string of the molecule is CC/C(=C(/c1ccc(O)cc1)c1ccc(Oc2ccccc2)cc1)c1ccccc1. The molecule has 2 nitrogen and oxygen atoms in total. The fourth-order valence-corrected chi connectivity index (χ4v) is 3.62. The summed E-state index contributed by atoms with van der Waals surface area (Å²) >= 11 is 0. The average molecular weight is 392 g/mol. The van der Waals surface area contributed by atoms with Crippen molar-refractivity contribution in [3.63, 3.8) is 0 Å². The van der Waals surface area contributed by atoms with Crippen LogP contribution in [0.4, 0.5) is 0 Å². The second-order valence-corrected chi connectivity index (χ2v) is 7.06. The van der Waals surface area contributed by atoms with Gasteiger partial charge < -0.3 is 9.84 Å². The number of hydrogen-bond acceptors (Lipinski definition) is 2. The number of phenols is 1. The van der Waals surface area contributed by atoms with Crippen molar-refractivity contribution >= 4 is 11.1 Å². The predicted octanol–water partition coefficient (Wildman–Crippen LogP) is 7.55. The van der Waals surface area contributed by atoms with Crippen molar-refractivity contribution in [1.82, 2.24) is 0 Å². The molecule has 30 heavy (non-hydrogen) atoms. The molecule has 0 spiro atoms. The number of aromatic hydroxyl groups is 1. The minimum absolute atomic E-state index is 0.266. The highest BCUT2D eigenvalue weighted by Crippen LogP contribution is 2.36. The average Bonchev–Trinajstić information content (AvgIpc) is 2.80. The van der Waals surface area contributed by atoms with Crippen LogP contribution in [0.1, 0.15) is 30.0 Å². The van der Waals surface area contributed by atoms with Crippen LogP contribution in [0.15, 0.2) is 109 Å². The van der Waals surface area contributed by atoms with Gasteiger partial charge in [-0.1, -0.05) is 79.7 Å². The van der Waals surface area contributed by atoms with Gasteiger partial charge in [0, 0.05) is 0 Å². The number of rotatable bonds is 6. The largest absolute Gasteiger partial charge is 0.508 e. The summed E-state index contributed by atoms with van der Waals surface area (Å²) in [5.74, 6) is 1.88. The van der Waals surface area contributed by atoms with E-state index in [4.69, 9.17) is 4.74 Å². The molecule has 0 aromatic heterocycles. The van der Waals surface area contributed by atoms with E-state index in [1.807, 2.05) is 60.7 Å². The number of ether oxygens (including phenoxy) is 1. The zero-order valence-electron chi connectivity index (χ0n) is 17.0. The molecule has 4 aromatic rings. The molecule has 0 unspecified atom stereocenters. The summed E-state index contributed by atoms with van der Waals surface area (Å²) in [5, 5.41) is 9.77. The van der Waals surface area contributed by atoms with Crippen molar-refractivity contribution in [2.75, 3.05) is 0 Å². The molecule has 0 aliphatic heterocycles. The normalized spacial score (nSPS) is 11.6. The summed E-state index contributed by atoms with van der Waals surface area (Å²) in [5.41, 5.74) is 5.81. The van der Waals surface area contributed by atoms with Crippen LogP contribution in [0.25, 0.3) is 11.1 Å². The van der Waals surface area contributed by atoms with E-state index in [0.717, 1.165) is 34.6 Å². The molecule has 4 rings (SSSR count). The Hall–Kier alpha value is -3.78. The Morgan fingerprint density at radius 3 is 1.67 bits per heavy atom. The molecule has 0 amide bonds. The maximum absolute atomic E-state index is 9.77. The minimum Gasteiger partial charge on any atom is -0.508 e. The van der Waals surface area contributed by atoms with E-state index in [2.05, 4.69) is 43.3 Å². The molecular formula is C28H24O2. The zero-order chi connectivity index (χ0) is 20.8. The van der Waals surface area contributed by atoms with Gasteiger partial charge in [-0.05, 0) is 70.7 Å². The number of para-hydroxylation sites is 1. The maximum atomic E-state index is 9.77. The minimum atomic E-state index is 0.266. The molecule has 2 heteroatoms. The molecule has 0 saturated carbocycles. The Bertz CT molecular complexity index is 1110. The third kappa shape index (κ3) is 4.44. The number of allylic oxidation sites excluding steroid dienone is 1. The van der Waals surface area contributed by atoms with Gasteiger partial charge >= 0.3 is 0 Å². The van der Waals surface area contributed by atoms with Crippen LogP contribution in [0.2, 0.25) is 0 Å². The highest BCUT2D eigenvalue weighted by atomic mass is 16.5. The van der Waals surface area contributed by atoms with Crippen LogP contribution in [0.3, 0.4) is 0 Å². The number of phenolic OH excluding ortho intramolecular Hbond substituents is 1. The van der Waals surface area contributed by atoms with Crippen LogP contribution < -0.4 is 4.74 Å². The first-order chi connectivity index (χ1) is 14.7. The van der Waals surface area contributed by atoms with Gasteiger partial charge in [0.2, 0.25) is 0 Å². The molecule has 0 saturated heterocycles. The Labute approximate surface area is 177 Å². The summed E-state index contributed by atoms with van der Waals surface area (Å²) in [6.07, 6.45) is 0.891. The molecule has 1 N–H and O–H groups in total. The zero-order valence-corrected chi connectivity index (χ0v) is 17.0. The molecule has 0 atom stereocenters. The monoisotopic (exact) mass is 392 g/mol. The third-order valence-corrected chi connectivity index (χ3v) is 5.06. The summed E-state index contributed by atoms with van der Waals surface area (Å²) in [4.78, 5) is 0. The summed E-state index contributed by atoms with van der Waals surface area (Å²) in [6.45, 7) is 2.18. The van der Waals surface area contributed by atoms with Gasteiger partial charge in [0.1, 0.15) is 17.2 Å². The van der Waals surface area contributed by atoms with E-state index < -0.39 is 0 Å². The van der Waals surface area contributed by atoms with Gasteiger partial charge in [0.15, 0.2) is 0 Å². The lowest BCUT2D eigenvalue weighted by Crippen LogP contribution is -1.95. The molecule has 148 valence electrons. The maximum Gasteiger partial charge on any atom is 0.127 e. The van der Waals surface area contributed by atoms with Gasteiger partial charge in [-0.15, -0.1) is 0 Å². The Morgan fingerprint density at radius 1 is 0.600 bits per heavy atom. The quantitative estimate of drug-likeness (QED) is 0.343. The molecule has 0 fully saturated rings. The highest BCUT2D eigenvalue weighted by molar-refractivity contribution is 5.98. The van der Waals surface area contributed by atoms with Crippen molar-refractivity contribution in [2.45, 2.75) is 13.3 Å². The molecule has 0 radical (unpaired) electrons. The fraction of sp³-hybridized carbons (Fsp3) is 0.0714. The van der Waals surface area contributed by atoms with Crippen LogP contribution in [-0.4, -0.2) is 5.11 Å². The predicted molar refractivity (Wildman–Crippen MR) is 124 cm³/mol. The van der Waals surface area contributed by atoms with Crippen molar-refractivity contribution in [3.05, 3.63) is 126 Å². The molecule has 0 aliphatic carbocycles. The number of benzene rings is 4. The van der Waals surface area contributed by atoms with Crippen LogP contribution in [-0.2, 0) is 0 Å². The third-order valence-electron chi connectivity index (χ3n) is 5.06. The second kappa shape index (κ2) is 9.15. The molecule has 4 aromatic carbocycles. The Kier molecular flexibility index (Phi) is 5.95. The van der Waals surface area contributed by atoms with Crippen molar-refractivity contribution in [3.8, 4) is 17.2 Å². The van der Waals surface area contributed by atoms with Crippen molar-refractivity contribution < 1.29 is 9.84 Å². The Morgan fingerprint density at radius 2 is 1.10 bits per heavy atom. The van der Waals surface area contributed by atoms with E-state index in [-0.39, 0.29) is 5.75 Å². The van der Waals surface area contributed by atoms with Gasteiger partial charge in [0.25, 0.3) is 0 Å². The first kappa shape index (κ1) is 19.5. The highest BCUT2D eigenvalue weighted by Gasteiger charge is 2.13. The van der Waals surface area contributed by atoms with E-state index in [1.165, 1.54) is 11.1 Å². The lowest BCUT2D eigenvalue weighted by Gasteiger charge is -2.17. The van der Waals surface area contributed by atoms with Gasteiger partial charge in [0.05, 0.1) is 0 Å². The Balaban J connectivity index is 1.78. The van der Waals surface area contributed by atoms with Crippen LogP contribution >= 0.6 is 0 Å². The van der Waals surface area contributed by atoms with E-state index in [1.54, 1.807) is 12.1 Å². The lowest BCUT2D eigenvalue weighted by atomic mass is 9.88. The summed E-state index contributed by atoms with van der Waals surface area (Å²) in [6, 6.07) is 35.8. The van der Waals surface area contributed by atoms with Crippen molar-refractivity contribution in [2.24, 2.45) is 0 Å². The summed E-state index contributed by atoms with van der Waals surface area (Å²) < 4.78 is 5.96. The smallest absolute Gasteiger partial charge is 0.127 e. The fourth-order valence-electron chi connectivity index (χ4n) is 3.62. The van der Waals surface area contributed by atoms with Crippen LogP contribution in [0, 0.1) is 0 Å². The first-order valence-electron chi connectivity index (χ1n) is 10.2. The topological polar surface area (TPSA) is 29.5 Å². The standard InChI is InChI=1S/C28H24O2/c1-2-27(21-9-5-3-6-10-21)28(22-13-17-24(29)18-14-22)23-15-19-26(20-16-23)30-25-11-7-4-8-12-25/h3-20,29H,2H2,1H3/b28-27+. The van der Waals surface area contributed by atoms with E-state index in [9.17, 15) is 5.11 Å². The molecular weight excluding hydrogens is 368 g/mol. The lowest BCUT2D eigenvalue weighted by molar-refractivity contribution is 0.475. The molecule has 0 aliphatic rings.